The lowest BCUT2D eigenvalue weighted by Crippen LogP contribution is -2.42. The third kappa shape index (κ3) is 4.97. The lowest BCUT2D eigenvalue weighted by molar-refractivity contribution is 0.0345. The smallest absolute Gasteiger partial charge is 0.160 e. The van der Waals surface area contributed by atoms with Crippen molar-refractivity contribution in [2.45, 2.75) is 90.7 Å². The van der Waals surface area contributed by atoms with E-state index in [0.29, 0.717) is 48.1 Å². The van der Waals surface area contributed by atoms with E-state index in [1.165, 1.54) is 50.5 Å². The summed E-state index contributed by atoms with van der Waals surface area (Å²) in [5.41, 5.74) is 6.40. The van der Waals surface area contributed by atoms with Gasteiger partial charge in [-0.1, -0.05) is 81.2 Å². The van der Waals surface area contributed by atoms with Crippen molar-refractivity contribution in [1.29, 1.82) is 0 Å². The minimum absolute atomic E-state index is 0.258. The third-order valence-corrected chi connectivity index (χ3v) is 9.81. The van der Waals surface area contributed by atoms with E-state index in [4.69, 9.17) is 14.7 Å². The molecule has 0 radical (unpaired) electrons. The van der Waals surface area contributed by atoms with Crippen LogP contribution >= 0.6 is 0 Å². The number of hydrogen-bond donors (Lipinski definition) is 1. The van der Waals surface area contributed by atoms with Gasteiger partial charge < -0.3 is 9.84 Å². The summed E-state index contributed by atoms with van der Waals surface area (Å²) >= 11 is 0. The van der Waals surface area contributed by atoms with Crippen LogP contribution in [0.5, 0.6) is 0 Å². The third-order valence-electron chi connectivity index (χ3n) is 9.81. The fraction of sp³-hybridized carbons (Fsp3) is 0.588. The maximum atomic E-state index is 10.7. The monoisotopic (exact) mass is 512 g/mol. The van der Waals surface area contributed by atoms with Crippen molar-refractivity contribution in [2.75, 3.05) is 6.61 Å². The van der Waals surface area contributed by atoms with Gasteiger partial charge >= 0.3 is 0 Å². The standard InChI is InChI=1S/C34H44N2O2/c1-3-5-9-22(4-2)21-38-31-20-29(35-34(36-31)28-12-6-7-13-30(28)37)26-18-16-25-15-14-23-10-8-11-24-17-19-27(26)33(25)32(23)24/h6,11-12,16-19,22-23,27,31-33,37H,3-5,7-10,13-15,20-21H2,1-2H3. The van der Waals surface area contributed by atoms with E-state index in [1.54, 1.807) is 11.1 Å². The van der Waals surface area contributed by atoms with Crippen LogP contribution in [0.4, 0.5) is 0 Å². The Morgan fingerprint density at radius 2 is 2.00 bits per heavy atom. The highest BCUT2D eigenvalue weighted by Gasteiger charge is 2.46. The highest BCUT2D eigenvalue weighted by Crippen LogP contribution is 2.55. The lowest BCUT2D eigenvalue weighted by Gasteiger charge is -2.49. The summed E-state index contributed by atoms with van der Waals surface area (Å²) in [6, 6.07) is 0. The maximum absolute atomic E-state index is 10.7. The molecule has 1 aliphatic heterocycles. The fourth-order valence-electron chi connectivity index (χ4n) is 7.64. The molecule has 0 aromatic heterocycles. The molecule has 4 nitrogen and oxygen atoms in total. The quantitative estimate of drug-likeness (QED) is 0.337. The number of ether oxygens (including phenoxy) is 1. The van der Waals surface area contributed by atoms with Crippen LogP contribution in [0, 0.1) is 29.6 Å². The predicted molar refractivity (Wildman–Crippen MR) is 156 cm³/mol. The van der Waals surface area contributed by atoms with Crippen LogP contribution in [-0.4, -0.2) is 29.5 Å². The Balaban J connectivity index is 1.32. The van der Waals surface area contributed by atoms with Crippen LogP contribution in [0.3, 0.4) is 0 Å². The van der Waals surface area contributed by atoms with Gasteiger partial charge in [-0.2, -0.15) is 0 Å². The molecule has 202 valence electrons. The maximum Gasteiger partial charge on any atom is 0.160 e. The SMILES string of the molecule is CCCCC(CC)COC1CC(C2=CC=C3CCC4CCC=C5C=CC2C3C54)=NC(C2=C(O)CCC=C2)=N1. The van der Waals surface area contributed by atoms with E-state index in [-0.39, 0.29) is 6.23 Å². The van der Waals surface area contributed by atoms with Crippen LogP contribution in [0.1, 0.15) is 84.5 Å². The zero-order valence-corrected chi connectivity index (χ0v) is 23.2. The largest absolute Gasteiger partial charge is 0.512 e. The molecule has 6 rings (SSSR count). The van der Waals surface area contributed by atoms with E-state index < -0.39 is 0 Å². The number of rotatable bonds is 9. The van der Waals surface area contributed by atoms with Crippen molar-refractivity contribution in [1.82, 2.24) is 0 Å². The zero-order valence-electron chi connectivity index (χ0n) is 23.2. The molecular formula is C34H44N2O2. The minimum atomic E-state index is -0.258. The summed E-state index contributed by atoms with van der Waals surface area (Å²) in [5, 5.41) is 10.7. The van der Waals surface area contributed by atoms with Crippen molar-refractivity contribution in [3.05, 3.63) is 70.6 Å². The van der Waals surface area contributed by atoms with Gasteiger partial charge in [-0.25, -0.2) is 9.98 Å². The van der Waals surface area contributed by atoms with Crippen LogP contribution in [0.25, 0.3) is 0 Å². The first-order valence-electron chi connectivity index (χ1n) is 15.3. The van der Waals surface area contributed by atoms with Crippen molar-refractivity contribution in [3.8, 4) is 0 Å². The molecule has 0 saturated heterocycles. The normalized spacial score (nSPS) is 32.6. The van der Waals surface area contributed by atoms with Gasteiger partial charge in [-0.3, -0.25) is 0 Å². The topological polar surface area (TPSA) is 54.2 Å². The molecule has 0 aromatic carbocycles. The molecule has 38 heavy (non-hydrogen) atoms. The Morgan fingerprint density at radius 3 is 2.84 bits per heavy atom. The van der Waals surface area contributed by atoms with E-state index in [1.807, 2.05) is 6.08 Å². The molecule has 0 amide bonds. The van der Waals surface area contributed by atoms with Crippen molar-refractivity contribution in [3.63, 3.8) is 0 Å². The summed E-state index contributed by atoms with van der Waals surface area (Å²) in [5.74, 6) is 4.01. The Kier molecular flexibility index (Phi) is 7.70. The second kappa shape index (κ2) is 11.3. The van der Waals surface area contributed by atoms with Crippen LogP contribution < -0.4 is 0 Å². The fourth-order valence-corrected chi connectivity index (χ4v) is 7.64. The summed E-state index contributed by atoms with van der Waals surface area (Å²) in [6.07, 6.45) is 28.1. The zero-order chi connectivity index (χ0) is 26.1. The number of aliphatic hydroxyl groups excluding tert-OH is 1. The first kappa shape index (κ1) is 25.8. The molecule has 0 spiro atoms. The van der Waals surface area contributed by atoms with Gasteiger partial charge in [0.2, 0.25) is 0 Å². The number of amidine groups is 1. The number of allylic oxidation sites excluding steroid dienone is 10. The molecule has 0 aromatic rings. The molecule has 1 saturated carbocycles. The number of nitrogens with zero attached hydrogens (tertiary/aromatic N) is 2. The second-order valence-corrected chi connectivity index (χ2v) is 12.1. The summed E-state index contributed by atoms with van der Waals surface area (Å²) in [6.45, 7) is 5.25. The average Bonchev–Trinajstić information content (AvgIpc) is 2.96. The van der Waals surface area contributed by atoms with E-state index in [0.717, 1.165) is 36.7 Å². The van der Waals surface area contributed by atoms with Gasteiger partial charge in [-0.15, -0.1) is 0 Å². The van der Waals surface area contributed by atoms with E-state index in [9.17, 15) is 5.11 Å². The first-order valence-corrected chi connectivity index (χ1v) is 15.3. The lowest BCUT2D eigenvalue weighted by atomic mass is 9.55. The first-order chi connectivity index (χ1) is 18.7. The van der Waals surface area contributed by atoms with Gasteiger partial charge in [0, 0.05) is 18.8 Å². The van der Waals surface area contributed by atoms with Gasteiger partial charge in [-0.05, 0) is 73.3 Å². The number of aliphatic hydroxyl groups is 1. The molecule has 1 fully saturated rings. The molecule has 6 atom stereocenters. The predicted octanol–water partition coefficient (Wildman–Crippen LogP) is 8.37. The van der Waals surface area contributed by atoms with E-state index in [2.05, 4.69) is 50.3 Å². The Hall–Kier alpha value is -2.46. The van der Waals surface area contributed by atoms with Crippen molar-refractivity contribution >= 4 is 11.5 Å². The molecule has 1 heterocycles. The second-order valence-electron chi connectivity index (χ2n) is 12.1. The number of unbranched alkanes of at least 4 members (excludes halogenated alkanes) is 1. The van der Waals surface area contributed by atoms with Gasteiger partial charge in [0.25, 0.3) is 0 Å². The van der Waals surface area contributed by atoms with Crippen LogP contribution in [0.15, 0.2) is 80.6 Å². The number of aliphatic imine (C=N–C) groups is 2. The highest BCUT2D eigenvalue weighted by atomic mass is 16.5. The van der Waals surface area contributed by atoms with Gasteiger partial charge in [0.1, 0.15) is 5.76 Å². The molecule has 0 bridgehead atoms. The Morgan fingerprint density at radius 1 is 1.08 bits per heavy atom. The van der Waals surface area contributed by atoms with Gasteiger partial charge in [0.05, 0.1) is 17.9 Å². The summed E-state index contributed by atoms with van der Waals surface area (Å²) in [4.78, 5) is 10.1. The minimum Gasteiger partial charge on any atom is -0.512 e. The summed E-state index contributed by atoms with van der Waals surface area (Å²) in [7, 11) is 0. The average molecular weight is 513 g/mol. The Labute approximate surface area is 228 Å². The molecule has 6 aliphatic rings. The van der Waals surface area contributed by atoms with E-state index >= 15 is 0 Å². The molecular weight excluding hydrogens is 468 g/mol. The van der Waals surface area contributed by atoms with Crippen molar-refractivity contribution in [2.24, 2.45) is 39.6 Å². The van der Waals surface area contributed by atoms with Crippen LogP contribution in [-0.2, 0) is 4.74 Å². The molecule has 4 heteroatoms. The Bertz CT molecular complexity index is 1180. The molecule has 5 aliphatic carbocycles. The molecule has 6 unspecified atom stereocenters. The summed E-state index contributed by atoms with van der Waals surface area (Å²) < 4.78 is 6.52. The highest BCUT2D eigenvalue weighted by molar-refractivity contribution is 6.15. The number of hydrogen-bond acceptors (Lipinski definition) is 4. The van der Waals surface area contributed by atoms with Gasteiger partial charge in [0.15, 0.2) is 12.1 Å². The van der Waals surface area contributed by atoms with Crippen molar-refractivity contribution < 1.29 is 9.84 Å². The molecule has 1 N–H and O–H groups in total. The van der Waals surface area contributed by atoms with Crippen LogP contribution in [0.2, 0.25) is 0 Å².